The van der Waals surface area contributed by atoms with Crippen LogP contribution in [0.5, 0.6) is 0 Å². The number of aliphatic hydroxyl groups excluding tert-OH is 1. The fraction of sp³-hybridized carbons (Fsp3) is 0.667. The molecule has 0 aliphatic heterocycles. The first-order chi connectivity index (χ1) is 5.94. The van der Waals surface area contributed by atoms with Crippen LogP contribution in [0.4, 0.5) is 0 Å². The van der Waals surface area contributed by atoms with Gasteiger partial charge in [0.2, 0.25) is 5.52 Å². The molecule has 13 heavy (non-hydrogen) atoms. The van der Waals surface area contributed by atoms with Crippen LogP contribution in [0.1, 0.15) is 12.8 Å². The molecule has 0 aromatic heterocycles. The summed E-state index contributed by atoms with van der Waals surface area (Å²) in [6, 6.07) is 0. The highest BCUT2D eigenvalue weighted by Crippen LogP contribution is 2.41. The zero-order valence-electron chi connectivity index (χ0n) is 7.10. The SMILES string of the molecule is COC(=O)CCC(=O)P(=O)(O)CO. The molecule has 1 unspecified atom stereocenters. The predicted molar refractivity (Wildman–Crippen MR) is 43.2 cm³/mol. The van der Waals surface area contributed by atoms with E-state index in [0.717, 1.165) is 7.11 Å². The van der Waals surface area contributed by atoms with Gasteiger partial charge in [-0.25, -0.2) is 0 Å². The smallest absolute Gasteiger partial charge is 0.305 e. The molecule has 1 atom stereocenters. The number of methoxy groups -OCH3 is 1. The molecule has 0 amide bonds. The lowest BCUT2D eigenvalue weighted by molar-refractivity contribution is -0.141. The van der Waals surface area contributed by atoms with E-state index in [9.17, 15) is 14.2 Å². The van der Waals surface area contributed by atoms with Gasteiger partial charge in [-0.15, -0.1) is 0 Å². The Morgan fingerprint density at radius 3 is 2.31 bits per heavy atom. The summed E-state index contributed by atoms with van der Waals surface area (Å²) in [7, 11) is -2.97. The number of ether oxygens (including phenoxy) is 1. The van der Waals surface area contributed by atoms with Gasteiger partial charge < -0.3 is 14.7 Å². The van der Waals surface area contributed by atoms with E-state index < -0.39 is 25.2 Å². The molecule has 0 aromatic carbocycles. The lowest BCUT2D eigenvalue weighted by Gasteiger charge is -2.05. The topological polar surface area (TPSA) is 101 Å². The number of carbonyl (C=O) groups excluding carboxylic acids is 2. The van der Waals surface area contributed by atoms with Gasteiger partial charge in [0.05, 0.1) is 13.5 Å². The fourth-order valence-electron chi connectivity index (χ4n) is 0.565. The van der Waals surface area contributed by atoms with E-state index in [2.05, 4.69) is 4.74 Å². The van der Waals surface area contributed by atoms with Gasteiger partial charge in [0.1, 0.15) is 6.35 Å². The molecule has 7 heteroatoms. The molecule has 0 bridgehead atoms. The van der Waals surface area contributed by atoms with E-state index in [1.807, 2.05) is 0 Å². The van der Waals surface area contributed by atoms with Crippen molar-refractivity contribution < 1.29 is 28.9 Å². The second-order valence-electron chi connectivity index (χ2n) is 2.31. The van der Waals surface area contributed by atoms with Crippen molar-refractivity contribution >= 4 is 18.9 Å². The number of hydrogen-bond acceptors (Lipinski definition) is 5. The lowest BCUT2D eigenvalue weighted by Crippen LogP contribution is -2.07. The van der Waals surface area contributed by atoms with Gasteiger partial charge >= 0.3 is 5.97 Å². The number of hydrogen-bond donors (Lipinski definition) is 2. The van der Waals surface area contributed by atoms with Crippen LogP contribution in [0.3, 0.4) is 0 Å². The van der Waals surface area contributed by atoms with Crippen LogP contribution < -0.4 is 0 Å². The van der Waals surface area contributed by atoms with Crippen LogP contribution in [0.25, 0.3) is 0 Å². The Hall–Kier alpha value is -0.710. The third kappa shape index (κ3) is 4.17. The number of aliphatic hydroxyl groups is 1. The molecule has 0 saturated heterocycles. The summed E-state index contributed by atoms with van der Waals surface area (Å²) < 4.78 is 15.0. The molecule has 0 heterocycles. The van der Waals surface area contributed by atoms with Gasteiger partial charge in [-0.2, -0.15) is 0 Å². The summed E-state index contributed by atoms with van der Waals surface area (Å²) in [6.07, 6.45) is -1.73. The number of esters is 1. The van der Waals surface area contributed by atoms with Crippen molar-refractivity contribution in [2.24, 2.45) is 0 Å². The Kier molecular flexibility index (Phi) is 4.83. The highest BCUT2D eigenvalue weighted by Gasteiger charge is 2.27. The van der Waals surface area contributed by atoms with Crippen molar-refractivity contribution in [1.29, 1.82) is 0 Å². The van der Waals surface area contributed by atoms with Crippen molar-refractivity contribution in [2.75, 3.05) is 13.5 Å². The van der Waals surface area contributed by atoms with E-state index in [4.69, 9.17) is 10.00 Å². The van der Waals surface area contributed by atoms with E-state index in [0.29, 0.717) is 0 Å². The molecule has 0 aromatic rings. The van der Waals surface area contributed by atoms with Crippen LogP contribution >= 0.6 is 7.37 Å². The average molecular weight is 210 g/mol. The van der Waals surface area contributed by atoms with E-state index in [1.165, 1.54) is 0 Å². The summed E-state index contributed by atoms with van der Waals surface area (Å²) in [5.74, 6) is -0.633. The maximum atomic E-state index is 10.8. The summed E-state index contributed by atoms with van der Waals surface area (Å²) in [4.78, 5) is 30.1. The standard InChI is InChI=1S/C6H11O6P/c1-12-5(8)2-3-6(9)13(10,11)4-7/h7H,2-4H2,1H3,(H,10,11). The molecule has 0 rings (SSSR count). The van der Waals surface area contributed by atoms with Crippen LogP contribution in [-0.4, -0.2) is 35.0 Å². The summed E-state index contributed by atoms with van der Waals surface area (Å²) in [5.41, 5.74) is -1.01. The Morgan fingerprint density at radius 2 is 1.92 bits per heavy atom. The Morgan fingerprint density at radius 1 is 1.38 bits per heavy atom. The second-order valence-corrected chi connectivity index (χ2v) is 4.50. The maximum absolute atomic E-state index is 10.8. The molecule has 6 nitrogen and oxygen atoms in total. The van der Waals surface area contributed by atoms with Crippen LogP contribution in [-0.2, 0) is 18.9 Å². The van der Waals surface area contributed by atoms with Crippen molar-refractivity contribution in [3.8, 4) is 0 Å². The largest absolute Gasteiger partial charge is 0.469 e. The van der Waals surface area contributed by atoms with Gasteiger partial charge in [0, 0.05) is 6.42 Å². The molecule has 0 saturated carbocycles. The Balaban J connectivity index is 4.03. The van der Waals surface area contributed by atoms with Crippen molar-refractivity contribution in [1.82, 2.24) is 0 Å². The quantitative estimate of drug-likeness (QED) is 0.476. The fourth-order valence-corrected chi connectivity index (χ4v) is 1.18. The summed E-state index contributed by atoms with van der Waals surface area (Å²) in [5, 5.41) is 8.34. The molecule has 0 fully saturated rings. The third-order valence-electron chi connectivity index (χ3n) is 1.35. The van der Waals surface area contributed by atoms with E-state index in [-0.39, 0.29) is 12.8 Å². The Labute approximate surface area is 75.0 Å². The minimum absolute atomic E-state index is 0.250. The maximum Gasteiger partial charge on any atom is 0.305 e. The number of rotatable bonds is 5. The van der Waals surface area contributed by atoms with Crippen molar-refractivity contribution in [2.45, 2.75) is 12.8 Å². The first-order valence-corrected chi connectivity index (χ1v) is 5.31. The molecule has 0 aliphatic rings. The van der Waals surface area contributed by atoms with Gasteiger partial charge in [-0.1, -0.05) is 0 Å². The average Bonchev–Trinajstić information content (AvgIpc) is 2.13. The van der Waals surface area contributed by atoms with Gasteiger partial charge in [0.25, 0.3) is 7.37 Å². The third-order valence-corrected chi connectivity index (χ3v) is 2.74. The van der Waals surface area contributed by atoms with Crippen LogP contribution in [0, 0.1) is 0 Å². The second kappa shape index (κ2) is 5.11. The van der Waals surface area contributed by atoms with Gasteiger partial charge in [0.15, 0.2) is 0 Å². The van der Waals surface area contributed by atoms with Crippen molar-refractivity contribution in [3.63, 3.8) is 0 Å². The first kappa shape index (κ1) is 12.3. The van der Waals surface area contributed by atoms with Gasteiger partial charge in [-0.05, 0) is 0 Å². The zero-order chi connectivity index (χ0) is 10.5. The molecular formula is C6H11O6P. The highest BCUT2D eigenvalue weighted by molar-refractivity contribution is 7.75. The monoisotopic (exact) mass is 210 g/mol. The number of carbonyl (C=O) groups is 2. The molecule has 2 N–H and O–H groups in total. The zero-order valence-corrected chi connectivity index (χ0v) is 7.99. The highest BCUT2D eigenvalue weighted by atomic mass is 31.2. The molecule has 0 spiro atoms. The normalized spacial score (nSPS) is 14.7. The molecule has 76 valence electrons. The lowest BCUT2D eigenvalue weighted by atomic mass is 10.3. The van der Waals surface area contributed by atoms with E-state index in [1.54, 1.807) is 0 Å². The summed E-state index contributed by atoms with van der Waals surface area (Å²) in [6.45, 7) is 0. The first-order valence-electron chi connectivity index (χ1n) is 3.47. The van der Waals surface area contributed by atoms with Gasteiger partial charge in [-0.3, -0.25) is 14.2 Å². The molecular weight excluding hydrogens is 199 g/mol. The minimum Gasteiger partial charge on any atom is -0.469 e. The Bertz CT molecular complexity index is 248. The molecule has 0 radical (unpaired) electrons. The predicted octanol–water partition coefficient (Wildman–Crippen LogP) is -0.314. The molecule has 0 aliphatic carbocycles. The van der Waals surface area contributed by atoms with Crippen LogP contribution in [0.15, 0.2) is 0 Å². The van der Waals surface area contributed by atoms with E-state index >= 15 is 0 Å². The minimum atomic E-state index is -4.12. The van der Waals surface area contributed by atoms with Crippen molar-refractivity contribution in [3.05, 3.63) is 0 Å². The summed E-state index contributed by atoms with van der Waals surface area (Å²) >= 11 is 0. The van der Waals surface area contributed by atoms with Crippen LogP contribution in [0.2, 0.25) is 0 Å².